The molecule has 0 saturated carbocycles. The van der Waals surface area contributed by atoms with Crippen LogP contribution in [0.15, 0.2) is 29.2 Å². The van der Waals surface area contributed by atoms with Crippen LogP contribution in [0.5, 0.6) is 5.75 Å². The van der Waals surface area contributed by atoms with Gasteiger partial charge in [0.2, 0.25) is 0 Å². The first-order valence-electron chi connectivity index (χ1n) is 5.22. The molecule has 1 aromatic carbocycles. The fourth-order valence-corrected chi connectivity index (χ4v) is 1.88. The van der Waals surface area contributed by atoms with Gasteiger partial charge in [0.15, 0.2) is 9.84 Å². The van der Waals surface area contributed by atoms with Crippen molar-refractivity contribution < 1.29 is 23.1 Å². The summed E-state index contributed by atoms with van der Waals surface area (Å²) in [7, 11) is -3.28. The van der Waals surface area contributed by atoms with Crippen molar-refractivity contribution in [3.05, 3.63) is 24.3 Å². The highest BCUT2D eigenvalue weighted by atomic mass is 32.2. The maximum Gasteiger partial charge on any atom is 0.320 e. The number of ether oxygens (including phenoxy) is 1. The molecule has 0 heterocycles. The Hall–Kier alpha value is -1.60. The van der Waals surface area contributed by atoms with Crippen LogP contribution in [0.25, 0.3) is 0 Å². The van der Waals surface area contributed by atoms with E-state index in [0.29, 0.717) is 5.75 Å². The molecule has 0 aliphatic heterocycles. The molecule has 1 aromatic rings. The van der Waals surface area contributed by atoms with Crippen molar-refractivity contribution in [1.29, 1.82) is 0 Å². The van der Waals surface area contributed by atoms with E-state index in [2.05, 4.69) is 0 Å². The summed E-state index contributed by atoms with van der Waals surface area (Å²) in [5, 5.41) is 8.57. The molecule has 0 bridgehead atoms. The highest BCUT2D eigenvalue weighted by molar-refractivity contribution is 7.90. The van der Waals surface area contributed by atoms with Crippen LogP contribution in [0.2, 0.25) is 0 Å². The molecule has 0 fully saturated rings. The summed E-state index contributed by atoms with van der Waals surface area (Å²) < 4.78 is 27.9. The maximum absolute atomic E-state index is 11.3. The molecule has 1 rings (SSSR count). The van der Waals surface area contributed by atoms with Gasteiger partial charge in [0, 0.05) is 12.7 Å². The van der Waals surface area contributed by atoms with E-state index in [-0.39, 0.29) is 17.9 Å². The Morgan fingerprint density at radius 3 is 2.72 bits per heavy atom. The van der Waals surface area contributed by atoms with Crippen molar-refractivity contribution in [2.24, 2.45) is 5.73 Å². The van der Waals surface area contributed by atoms with Crippen LogP contribution in [-0.2, 0) is 14.6 Å². The van der Waals surface area contributed by atoms with Crippen molar-refractivity contribution in [1.82, 2.24) is 0 Å². The molecule has 0 radical (unpaired) electrons. The SMILES string of the molecule is CS(=O)(=O)c1cccc(OCCC(N)C(=O)O)c1. The first kappa shape index (κ1) is 14.5. The Morgan fingerprint density at radius 2 is 2.17 bits per heavy atom. The van der Waals surface area contributed by atoms with E-state index < -0.39 is 21.8 Å². The monoisotopic (exact) mass is 273 g/mol. The molecule has 0 aromatic heterocycles. The second kappa shape index (κ2) is 5.83. The second-order valence-corrected chi connectivity index (χ2v) is 5.84. The molecule has 1 unspecified atom stereocenters. The summed E-state index contributed by atoms with van der Waals surface area (Å²) in [5.74, 6) is -0.723. The number of nitrogens with two attached hydrogens (primary N) is 1. The van der Waals surface area contributed by atoms with Crippen molar-refractivity contribution in [3.63, 3.8) is 0 Å². The van der Waals surface area contributed by atoms with E-state index in [9.17, 15) is 13.2 Å². The zero-order valence-corrected chi connectivity index (χ0v) is 10.7. The van der Waals surface area contributed by atoms with Gasteiger partial charge in [0.25, 0.3) is 0 Å². The van der Waals surface area contributed by atoms with Crippen LogP contribution >= 0.6 is 0 Å². The molecule has 100 valence electrons. The van der Waals surface area contributed by atoms with Crippen LogP contribution in [0.4, 0.5) is 0 Å². The lowest BCUT2D eigenvalue weighted by molar-refractivity contribution is -0.138. The first-order valence-corrected chi connectivity index (χ1v) is 7.11. The third kappa shape index (κ3) is 4.34. The minimum absolute atomic E-state index is 0.112. The Bertz CT molecular complexity index is 526. The fourth-order valence-electron chi connectivity index (χ4n) is 1.22. The normalized spacial score (nSPS) is 13.0. The third-order valence-corrected chi connectivity index (χ3v) is 3.36. The standard InChI is InChI=1S/C11H15NO5S/c1-18(15,16)9-4-2-3-8(7-9)17-6-5-10(12)11(13)14/h2-4,7,10H,5-6,12H2,1H3,(H,13,14). The van der Waals surface area contributed by atoms with Gasteiger partial charge in [-0.05, 0) is 18.2 Å². The van der Waals surface area contributed by atoms with Crippen molar-refractivity contribution in [3.8, 4) is 5.75 Å². The van der Waals surface area contributed by atoms with Gasteiger partial charge in [-0.1, -0.05) is 6.07 Å². The predicted octanol–water partition coefficient (Wildman–Crippen LogP) is 0.271. The molecule has 0 spiro atoms. The Balaban J connectivity index is 2.61. The molecule has 7 heteroatoms. The van der Waals surface area contributed by atoms with E-state index in [1.54, 1.807) is 12.1 Å². The molecule has 18 heavy (non-hydrogen) atoms. The summed E-state index contributed by atoms with van der Waals surface area (Å²) in [6, 6.07) is 5.03. The number of rotatable bonds is 6. The van der Waals surface area contributed by atoms with Crippen LogP contribution < -0.4 is 10.5 Å². The lowest BCUT2D eigenvalue weighted by atomic mass is 10.2. The van der Waals surface area contributed by atoms with Crippen molar-refractivity contribution in [2.75, 3.05) is 12.9 Å². The average molecular weight is 273 g/mol. The number of carboxylic acids is 1. The summed E-state index contributed by atoms with van der Waals surface area (Å²) in [4.78, 5) is 10.6. The lowest BCUT2D eigenvalue weighted by Crippen LogP contribution is -2.31. The topological polar surface area (TPSA) is 107 Å². The Morgan fingerprint density at radius 1 is 1.50 bits per heavy atom. The summed E-state index contributed by atoms with van der Waals surface area (Å²) in [5.41, 5.74) is 5.30. The average Bonchev–Trinajstić information content (AvgIpc) is 2.28. The molecule has 1 atom stereocenters. The number of carboxylic acid groups (broad SMARTS) is 1. The minimum Gasteiger partial charge on any atom is -0.493 e. The molecule has 0 aliphatic carbocycles. The van der Waals surface area contributed by atoms with E-state index >= 15 is 0 Å². The lowest BCUT2D eigenvalue weighted by Gasteiger charge is -2.09. The minimum atomic E-state index is -3.28. The number of hydrogen-bond acceptors (Lipinski definition) is 5. The third-order valence-electron chi connectivity index (χ3n) is 2.25. The smallest absolute Gasteiger partial charge is 0.320 e. The molecule has 6 nitrogen and oxygen atoms in total. The predicted molar refractivity (Wildman–Crippen MR) is 65.3 cm³/mol. The summed E-state index contributed by atoms with van der Waals surface area (Å²) in [6.45, 7) is 0.112. The molecular weight excluding hydrogens is 258 g/mol. The highest BCUT2D eigenvalue weighted by Crippen LogP contribution is 2.17. The van der Waals surface area contributed by atoms with Gasteiger partial charge in [-0.25, -0.2) is 8.42 Å². The summed E-state index contributed by atoms with van der Waals surface area (Å²) >= 11 is 0. The molecule has 3 N–H and O–H groups in total. The molecule has 0 aliphatic rings. The van der Waals surface area contributed by atoms with Crippen molar-refractivity contribution >= 4 is 15.8 Å². The number of sulfone groups is 1. The molecule has 0 amide bonds. The van der Waals surface area contributed by atoms with Gasteiger partial charge >= 0.3 is 5.97 Å². The zero-order chi connectivity index (χ0) is 13.8. The van der Waals surface area contributed by atoms with Gasteiger partial charge in [-0.15, -0.1) is 0 Å². The van der Waals surface area contributed by atoms with Crippen molar-refractivity contribution in [2.45, 2.75) is 17.4 Å². The van der Waals surface area contributed by atoms with Gasteiger partial charge < -0.3 is 15.6 Å². The quantitative estimate of drug-likeness (QED) is 0.770. The fraction of sp³-hybridized carbons (Fsp3) is 0.364. The highest BCUT2D eigenvalue weighted by Gasteiger charge is 2.12. The maximum atomic E-state index is 11.3. The molecular formula is C11H15NO5S. The van der Waals surface area contributed by atoms with E-state index in [1.165, 1.54) is 12.1 Å². The van der Waals surface area contributed by atoms with Crippen LogP contribution in [0.1, 0.15) is 6.42 Å². The first-order chi connectivity index (χ1) is 8.30. The molecule has 0 saturated heterocycles. The number of benzene rings is 1. The number of carbonyl (C=O) groups is 1. The van der Waals surface area contributed by atoms with Gasteiger partial charge in [0.1, 0.15) is 11.8 Å². The van der Waals surface area contributed by atoms with E-state index in [0.717, 1.165) is 6.26 Å². The largest absolute Gasteiger partial charge is 0.493 e. The van der Waals surface area contributed by atoms with E-state index in [4.69, 9.17) is 15.6 Å². The van der Waals surface area contributed by atoms with E-state index in [1.807, 2.05) is 0 Å². The van der Waals surface area contributed by atoms with Crippen LogP contribution in [0, 0.1) is 0 Å². The van der Waals surface area contributed by atoms with Gasteiger partial charge in [0.05, 0.1) is 11.5 Å². The van der Waals surface area contributed by atoms with Crippen LogP contribution in [-0.4, -0.2) is 38.4 Å². The zero-order valence-electron chi connectivity index (χ0n) is 9.87. The Kier molecular flexibility index (Phi) is 4.69. The van der Waals surface area contributed by atoms with Crippen LogP contribution in [0.3, 0.4) is 0 Å². The number of hydrogen-bond donors (Lipinski definition) is 2. The van der Waals surface area contributed by atoms with Gasteiger partial charge in [-0.3, -0.25) is 4.79 Å². The summed E-state index contributed by atoms with van der Waals surface area (Å²) in [6.07, 6.45) is 1.25. The second-order valence-electron chi connectivity index (χ2n) is 3.83. The Labute approximate surface area is 105 Å². The van der Waals surface area contributed by atoms with Gasteiger partial charge in [-0.2, -0.15) is 0 Å². The number of aliphatic carboxylic acids is 1.